The largest absolute Gasteiger partial charge is 0.493 e. The SMILES string of the molecule is COc1ccc(-c2nocc2-c2ccc(S(N)(=O)=O)cc2)cc1OC. The highest BCUT2D eigenvalue weighted by Crippen LogP contribution is 2.36. The number of hydrogen-bond donors (Lipinski definition) is 1. The lowest BCUT2D eigenvalue weighted by Gasteiger charge is -2.09. The van der Waals surface area contributed by atoms with Crippen LogP contribution in [0.4, 0.5) is 0 Å². The molecule has 0 radical (unpaired) electrons. The summed E-state index contributed by atoms with van der Waals surface area (Å²) in [6, 6.07) is 11.6. The summed E-state index contributed by atoms with van der Waals surface area (Å²) >= 11 is 0. The zero-order valence-corrected chi connectivity index (χ0v) is 14.4. The van der Waals surface area contributed by atoms with Crippen molar-refractivity contribution in [3.05, 3.63) is 48.7 Å². The van der Waals surface area contributed by atoms with Gasteiger partial charge in [-0.15, -0.1) is 0 Å². The van der Waals surface area contributed by atoms with Crippen LogP contribution in [0, 0.1) is 0 Å². The smallest absolute Gasteiger partial charge is 0.238 e. The first-order chi connectivity index (χ1) is 11.9. The summed E-state index contributed by atoms with van der Waals surface area (Å²) in [5.41, 5.74) is 2.84. The molecule has 0 unspecified atom stereocenters. The minimum atomic E-state index is -3.74. The molecule has 130 valence electrons. The van der Waals surface area contributed by atoms with E-state index in [1.165, 1.54) is 18.4 Å². The predicted molar refractivity (Wildman–Crippen MR) is 91.9 cm³/mol. The van der Waals surface area contributed by atoms with Crippen molar-refractivity contribution < 1.29 is 22.4 Å². The van der Waals surface area contributed by atoms with Gasteiger partial charge in [-0.1, -0.05) is 17.3 Å². The Morgan fingerprint density at radius 3 is 2.20 bits per heavy atom. The first-order valence-corrected chi connectivity index (χ1v) is 8.78. The van der Waals surface area contributed by atoms with Crippen molar-refractivity contribution in [2.75, 3.05) is 14.2 Å². The van der Waals surface area contributed by atoms with Crippen LogP contribution in [-0.4, -0.2) is 27.8 Å². The van der Waals surface area contributed by atoms with Gasteiger partial charge in [0.15, 0.2) is 11.5 Å². The molecule has 2 N–H and O–H groups in total. The van der Waals surface area contributed by atoms with Crippen molar-refractivity contribution in [1.82, 2.24) is 5.16 Å². The van der Waals surface area contributed by atoms with E-state index in [1.807, 2.05) is 6.07 Å². The number of hydrogen-bond acceptors (Lipinski definition) is 6. The first-order valence-electron chi connectivity index (χ1n) is 7.24. The lowest BCUT2D eigenvalue weighted by molar-refractivity contribution is 0.355. The van der Waals surface area contributed by atoms with E-state index >= 15 is 0 Å². The van der Waals surface area contributed by atoms with Gasteiger partial charge in [0.25, 0.3) is 0 Å². The predicted octanol–water partition coefficient (Wildman–Crippen LogP) is 2.67. The van der Waals surface area contributed by atoms with E-state index in [1.54, 1.807) is 38.5 Å². The molecule has 0 aliphatic carbocycles. The average Bonchev–Trinajstić information content (AvgIpc) is 3.10. The van der Waals surface area contributed by atoms with Crippen LogP contribution in [0.2, 0.25) is 0 Å². The Balaban J connectivity index is 2.04. The van der Waals surface area contributed by atoms with Crippen LogP contribution in [-0.2, 0) is 10.0 Å². The number of primary sulfonamides is 1. The summed E-state index contributed by atoms with van der Waals surface area (Å²) in [6.07, 6.45) is 1.50. The standard InChI is InChI=1S/C17H16N2O5S/c1-22-15-8-5-12(9-16(15)23-2)17-14(10-24-19-17)11-3-6-13(7-4-11)25(18,20)21/h3-10H,1-2H3,(H2,18,20,21). The fourth-order valence-electron chi connectivity index (χ4n) is 2.46. The van der Waals surface area contributed by atoms with E-state index in [2.05, 4.69) is 5.16 Å². The van der Waals surface area contributed by atoms with Crippen molar-refractivity contribution in [2.24, 2.45) is 5.14 Å². The molecule has 0 aliphatic rings. The van der Waals surface area contributed by atoms with Crippen LogP contribution in [0.1, 0.15) is 0 Å². The Labute approximate surface area is 145 Å². The number of aromatic nitrogens is 1. The zero-order chi connectivity index (χ0) is 18.0. The Hall–Kier alpha value is -2.84. The van der Waals surface area contributed by atoms with Gasteiger partial charge in [-0.2, -0.15) is 0 Å². The molecule has 0 saturated carbocycles. The molecule has 3 aromatic rings. The molecule has 25 heavy (non-hydrogen) atoms. The van der Waals surface area contributed by atoms with Gasteiger partial charge in [-0.05, 0) is 35.9 Å². The maximum atomic E-state index is 11.4. The van der Waals surface area contributed by atoms with Crippen LogP contribution >= 0.6 is 0 Å². The fourth-order valence-corrected chi connectivity index (χ4v) is 2.97. The molecule has 1 heterocycles. The van der Waals surface area contributed by atoms with Gasteiger partial charge < -0.3 is 14.0 Å². The van der Waals surface area contributed by atoms with E-state index in [0.717, 1.165) is 11.1 Å². The quantitative estimate of drug-likeness (QED) is 0.750. The number of ether oxygens (including phenoxy) is 2. The van der Waals surface area contributed by atoms with Crippen molar-refractivity contribution in [3.8, 4) is 33.9 Å². The Morgan fingerprint density at radius 1 is 0.960 bits per heavy atom. The van der Waals surface area contributed by atoms with E-state index in [-0.39, 0.29) is 4.90 Å². The second kappa shape index (κ2) is 6.58. The van der Waals surface area contributed by atoms with Crippen molar-refractivity contribution >= 4 is 10.0 Å². The molecular formula is C17H16N2O5S. The number of rotatable bonds is 5. The fraction of sp³-hybridized carbons (Fsp3) is 0.118. The molecule has 3 rings (SSSR count). The molecule has 0 spiro atoms. The highest BCUT2D eigenvalue weighted by molar-refractivity contribution is 7.89. The molecule has 2 aromatic carbocycles. The Morgan fingerprint density at radius 2 is 1.60 bits per heavy atom. The molecule has 8 heteroatoms. The highest BCUT2D eigenvalue weighted by Gasteiger charge is 2.16. The van der Waals surface area contributed by atoms with Crippen LogP contribution in [0.15, 0.2) is 58.1 Å². The first kappa shape index (κ1) is 17.0. The summed E-state index contributed by atoms with van der Waals surface area (Å²) in [5, 5.41) is 9.17. The third-order valence-electron chi connectivity index (χ3n) is 3.72. The minimum absolute atomic E-state index is 0.0420. The molecule has 0 atom stereocenters. The van der Waals surface area contributed by atoms with Crippen LogP contribution in [0.5, 0.6) is 11.5 Å². The van der Waals surface area contributed by atoms with Gasteiger partial charge in [0, 0.05) is 11.1 Å². The lowest BCUT2D eigenvalue weighted by Crippen LogP contribution is -2.11. The number of nitrogens with zero attached hydrogens (tertiary/aromatic N) is 1. The Bertz CT molecular complexity index is 994. The van der Waals surface area contributed by atoms with Gasteiger partial charge in [0.05, 0.1) is 19.1 Å². The summed E-state index contributed by atoms with van der Waals surface area (Å²) in [6.45, 7) is 0. The summed E-state index contributed by atoms with van der Waals surface area (Å²) < 4.78 is 38.4. The van der Waals surface area contributed by atoms with Crippen molar-refractivity contribution in [1.29, 1.82) is 0 Å². The van der Waals surface area contributed by atoms with E-state index < -0.39 is 10.0 Å². The molecule has 0 saturated heterocycles. The minimum Gasteiger partial charge on any atom is -0.493 e. The maximum absolute atomic E-state index is 11.4. The van der Waals surface area contributed by atoms with Crippen LogP contribution in [0.25, 0.3) is 22.4 Å². The number of nitrogens with two attached hydrogens (primary N) is 1. The summed E-state index contributed by atoms with van der Waals surface area (Å²) in [4.78, 5) is 0.0420. The van der Waals surface area contributed by atoms with Gasteiger partial charge in [0.1, 0.15) is 12.0 Å². The second-order valence-corrected chi connectivity index (χ2v) is 6.78. The van der Waals surface area contributed by atoms with E-state index in [9.17, 15) is 8.42 Å². The highest BCUT2D eigenvalue weighted by atomic mass is 32.2. The summed E-state index contributed by atoms with van der Waals surface area (Å²) in [5.74, 6) is 1.17. The molecule has 0 fully saturated rings. The molecule has 0 amide bonds. The topological polar surface area (TPSA) is 105 Å². The number of methoxy groups -OCH3 is 2. The normalized spacial score (nSPS) is 11.3. The number of benzene rings is 2. The van der Waals surface area contributed by atoms with E-state index in [4.69, 9.17) is 19.1 Å². The maximum Gasteiger partial charge on any atom is 0.238 e. The second-order valence-electron chi connectivity index (χ2n) is 5.22. The van der Waals surface area contributed by atoms with Crippen LogP contribution in [0.3, 0.4) is 0 Å². The van der Waals surface area contributed by atoms with Crippen molar-refractivity contribution in [3.63, 3.8) is 0 Å². The molecule has 7 nitrogen and oxygen atoms in total. The third kappa shape index (κ3) is 3.35. The van der Waals surface area contributed by atoms with Crippen LogP contribution < -0.4 is 14.6 Å². The molecule has 1 aromatic heterocycles. The zero-order valence-electron chi connectivity index (χ0n) is 13.6. The third-order valence-corrected chi connectivity index (χ3v) is 4.65. The molecule has 0 aliphatic heterocycles. The van der Waals surface area contributed by atoms with Gasteiger partial charge in [0.2, 0.25) is 10.0 Å². The molecular weight excluding hydrogens is 344 g/mol. The van der Waals surface area contributed by atoms with Gasteiger partial charge >= 0.3 is 0 Å². The van der Waals surface area contributed by atoms with Gasteiger partial charge in [-0.3, -0.25) is 0 Å². The number of sulfonamides is 1. The van der Waals surface area contributed by atoms with Crippen molar-refractivity contribution in [2.45, 2.75) is 4.90 Å². The van der Waals surface area contributed by atoms with Gasteiger partial charge in [-0.25, -0.2) is 13.6 Å². The summed E-state index contributed by atoms with van der Waals surface area (Å²) in [7, 11) is -0.622. The Kier molecular flexibility index (Phi) is 4.47. The lowest BCUT2D eigenvalue weighted by atomic mass is 10.0. The van der Waals surface area contributed by atoms with E-state index in [0.29, 0.717) is 22.8 Å². The molecule has 0 bridgehead atoms. The average molecular weight is 360 g/mol. The monoisotopic (exact) mass is 360 g/mol.